The number of anilines is 1. The number of nitrogens with one attached hydrogen (secondary N) is 1. The van der Waals surface area contributed by atoms with E-state index in [0.29, 0.717) is 17.9 Å². The molecule has 128 valence electrons. The molecule has 3 aromatic rings. The zero-order valence-electron chi connectivity index (χ0n) is 13.9. The molecule has 25 heavy (non-hydrogen) atoms. The van der Waals surface area contributed by atoms with Crippen LogP contribution in [0, 0.1) is 17.4 Å². The lowest BCUT2D eigenvalue weighted by Crippen LogP contribution is -2.12. The van der Waals surface area contributed by atoms with E-state index in [4.69, 9.17) is 9.26 Å². The van der Waals surface area contributed by atoms with Crippen molar-refractivity contribution >= 4 is 34.2 Å². The van der Waals surface area contributed by atoms with Crippen molar-refractivity contribution < 1.29 is 14.1 Å². The van der Waals surface area contributed by atoms with Crippen LogP contribution in [0.25, 0.3) is 0 Å². The van der Waals surface area contributed by atoms with Gasteiger partial charge in [-0.15, -0.1) is 0 Å². The van der Waals surface area contributed by atoms with Crippen molar-refractivity contribution in [1.82, 2.24) is 5.16 Å². The van der Waals surface area contributed by atoms with Gasteiger partial charge in [0.1, 0.15) is 18.1 Å². The van der Waals surface area contributed by atoms with Gasteiger partial charge in [0, 0.05) is 14.8 Å². The van der Waals surface area contributed by atoms with E-state index in [-0.39, 0.29) is 5.91 Å². The monoisotopic (exact) mass is 448 g/mol. The number of aromatic nitrogens is 1. The number of rotatable bonds is 5. The summed E-state index contributed by atoms with van der Waals surface area (Å²) in [4.78, 5) is 12.4. The van der Waals surface area contributed by atoms with E-state index in [1.54, 1.807) is 18.2 Å². The molecule has 0 fully saturated rings. The van der Waals surface area contributed by atoms with E-state index >= 15 is 0 Å². The predicted octanol–water partition coefficient (Wildman–Crippen LogP) is 4.73. The fourth-order valence-corrected chi connectivity index (χ4v) is 2.90. The van der Waals surface area contributed by atoms with E-state index < -0.39 is 0 Å². The van der Waals surface area contributed by atoms with Crippen LogP contribution >= 0.6 is 22.6 Å². The molecule has 0 aliphatic carbocycles. The van der Waals surface area contributed by atoms with Gasteiger partial charge in [-0.1, -0.05) is 17.3 Å². The Hall–Kier alpha value is -2.35. The number of halogens is 1. The van der Waals surface area contributed by atoms with Crippen LogP contribution < -0.4 is 10.1 Å². The van der Waals surface area contributed by atoms with Crippen molar-refractivity contribution in [2.24, 2.45) is 0 Å². The highest BCUT2D eigenvalue weighted by Crippen LogP contribution is 2.20. The number of aryl methyl sites for hydroxylation is 2. The second-order valence-corrected chi connectivity index (χ2v) is 6.83. The van der Waals surface area contributed by atoms with Gasteiger partial charge in [-0.2, -0.15) is 0 Å². The molecule has 0 saturated carbocycles. The minimum Gasteiger partial charge on any atom is -0.489 e. The number of hydrogen-bond acceptors (Lipinski definition) is 4. The van der Waals surface area contributed by atoms with Gasteiger partial charge in [-0.05, 0) is 72.8 Å². The van der Waals surface area contributed by atoms with E-state index in [1.165, 1.54) is 0 Å². The molecule has 5 nitrogen and oxygen atoms in total. The topological polar surface area (TPSA) is 64.4 Å². The number of nitrogens with zero attached hydrogens (tertiary/aromatic N) is 1. The highest BCUT2D eigenvalue weighted by molar-refractivity contribution is 14.1. The molecule has 0 bridgehead atoms. The molecule has 1 N–H and O–H groups in total. The van der Waals surface area contributed by atoms with Gasteiger partial charge in [-0.25, -0.2) is 0 Å². The fourth-order valence-electron chi connectivity index (χ4n) is 2.36. The SMILES string of the molecule is Cc1noc(C)c1COc1cccc(C(=O)Nc2cccc(I)c2)c1. The lowest BCUT2D eigenvalue weighted by Gasteiger charge is -2.09. The fraction of sp³-hybridized carbons (Fsp3) is 0.158. The average Bonchev–Trinajstić information content (AvgIpc) is 2.91. The van der Waals surface area contributed by atoms with Crippen molar-refractivity contribution in [2.75, 3.05) is 5.32 Å². The maximum Gasteiger partial charge on any atom is 0.255 e. The summed E-state index contributed by atoms with van der Waals surface area (Å²) >= 11 is 2.21. The Morgan fingerprint density at radius 2 is 2.00 bits per heavy atom. The summed E-state index contributed by atoms with van der Waals surface area (Å²) in [6.07, 6.45) is 0. The highest BCUT2D eigenvalue weighted by atomic mass is 127. The third kappa shape index (κ3) is 4.39. The van der Waals surface area contributed by atoms with Gasteiger partial charge in [0.15, 0.2) is 0 Å². The summed E-state index contributed by atoms with van der Waals surface area (Å²) < 4.78 is 12.0. The molecule has 6 heteroatoms. The van der Waals surface area contributed by atoms with Crippen molar-refractivity contribution in [1.29, 1.82) is 0 Å². The van der Waals surface area contributed by atoms with Crippen molar-refractivity contribution in [2.45, 2.75) is 20.5 Å². The summed E-state index contributed by atoms with van der Waals surface area (Å²) in [6, 6.07) is 14.7. The van der Waals surface area contributed by atoms with Crippen LogP contribution in [0.15, 0.2) is 53.1 Å². The molecular formula is C19H17IN2O3. The first-order chi connectivity index (χ1) is 12.0. The highest BCUT2D eigenvalue weighted by Gasteiger charge is 2.11. The first kappa shape index (κ1) is 17.5. The molecule has 0 aliphatic heterocycles. The molecule has 3 rings (SSSR count). The van der Waals surface area contributed by atoms with Crippen LogP contribution in [0.2, 0.25) is 0 Å². The molecule has 0 saturated heterocycles. The summed E-state index contributed by atoms with van der Waals surface area (Å²) in [5.41, 5.74) is 3.04. The van der Waals surface area contributed by atoms with E-state index in [1.807, 2.05) is 44.2 Å². The average molecular weight is 448 g/mol. The van der Waals surface area contributed by atoms with Gasteiger partial charge in [0.05, 0.1) is 11.3 Å². The quantitative estimate of drug-likeness (QED) is 0.574. The summed E-state index contributed by atoms with van der Waals surface area (Å²) in [5.74, 6) is 1.19. The Bertz CT molecular complexity index is 886. The minimum atomic E-state index is -0.176. The number of amides is 1. The van der Waals surface area contributed by atoms with Crippen LogP contribution in [-0.2, 0) is 6.61 Å². The molecule has 0 radical (unpaired) electrons. The zero-order valence-corrected chi connectivity index (χ0v) is 16.0. The molecule has 2 aromatic carbocycles. The van der Waals surface area contributed by atoms with Crippen molar-refractivity contribution in [3.63, 3.8) is 0 Å². The lowest BCUT2D eigenvalue weighted by atomic mass is 10.2. The standard InChI is InChI=1S/C19H17IN2O3/c1-12-18(13(2)25-22-12)11-24-17-8-3-5-14(9-17)19(23)21-16-7-4-6-15(20)10-16/h3-10H,11H2,1-2H3,(H,21,23). The summed E-state index contributed by atoms with van der Waals surface area (Å²) in [5, 5.41) is 6.80. The largest absolute Gasteiger partial charge is 0.489 e. The normalized spacial score (nSPS) is 10.5. The van der Waals surface area contributed by atoms with E-state index in [0.717, 1.165) is 26.3 Å². The predicted molar refractivity (Wildman–Crippen MR) is 104 cm³/mol. The van der Waals surface area contributed by atoms with Crippen LogP contribution in [0.4, 0.5) is 5.69 Å². The van der Waals surface area contributed by atoms with E-state index in [9.17, 15) is 4.79 Å². The number of benzene rings is 2. The smallest absolute Gasteiger partial charge is 0.255 e. The minimum absolute atomic E-state index is 0.176. The van der Waals surface area contributed by atoms with Gasteiger partial charge >= 0.3 is 0 Å². The Kier molecular flexibility index (Phi) is 5.37. The van der Waals surface area contributed by atoms with Gasteiger partial charge in [0.25, 0.3) is 5.91 Å². The Morgan fingerprint density at radius 1 is 1.20 bits per heavy atom. The third-order valence-electron chi connectivity index (χ3n) is 3.74. The third-order valence-corrected chi connectivity index (χ3v) is 4.41. The second kappa shape index (κ2) is 7.69. The summed E-state index contributed by atoms with van der Waals surface area (Å²) in [7, 11) is 0. The maximum atomic E-state index is 12.4. The van der Waals surface area contributed by atoms with Crippen molar-refractivity contribution in [3.05, 3.63) is 74.7 Å². The molecule has 0 atom stereocenters. The van der Waals surface area contributed by atoms with Gasteiger partial charge in [0.2, 0.25) is 0 Å². The first-order valence-corrected chi connectivity index (χ1v) is 8.82. The van der Waals surface area contributed by atoms with Crippen LogP contribution in [0.5, 0.6) is 5.75 Å². The van der Waals surface area contributed by atoms with Crippen LogP contribution in [0.1, 0.15) is 27.4 Å². The van der Waals surface area contributed by atoms with E-state index in [2.05, 4.69) is 33.1 Å². The number of carbonyl (C=O) groups is 1. The molecule has 0 unspecified atom stereocenters. The number of hydrogen-bond donors (Lipinski definition) is 1. The van der Waals surface area contributed by atoms with Crippen LogP contribution in [0.3, 0.4) is 0 Å². The molecule has 0 spiro atoms. The molecule has 1 heterocycles. The van der Waals surface area contributed by atoms with Crippen LogP contribution in [-0.4, -0.2) is 11.1 Å². The molecule has 0 aliphatic rings. The Morgan fingerprint density at radius 3 is 2.72 bits per heavy atom. The lowest BCUT2D eigenvalue weighted by molar-refractivity contribution is 0.102. The summed E-state index contributed by atoms with van der Waals surface area (Å²) in [6.45, 7) is 4.08. The first-order valence-electron chi connectivity index (χ1n) is 7.74. The van der Waals surface area contributed by atoms with Gasteiger partial charge < -0.3 is 14.6 Å². The number of ether oxygens (including phenoxy) is 1. The molecule has 1 aromatic heterocycles. The maximum absolute atomic E-state index is 12.4. The van der Waals surface area contributed by atoms with Crippen molar-refractivity contribution in [3.8, 4) is 5.75 Å². The Labute approximate surface area is 159 Å². The second-order valence-electron chi connectivity index (χ2n) is 5.58. The van der Waals surface area contributed by atoms with Gasteiger partial charge in [-0.3, -0.25) is 4.79 Å². The Balaban J connectivity index is 1.69. The molecular weight excluding hydrogens is 431 g/mol. The molecule has 1 amide bonds. The zero-order chi connectivity index (χ0) is 17.8. The number of carbonyl (C=O) groups excluding carboxylic acids is 1.